The second-order valence-electron chi connectivity index (χ2n) is 10.4. The standard InChI is InChI=1S/C27H28N4O4.C2HF3O2/c1-16(2)27(14-23(31-35-27)26(4)24(32)29-25(33)30-26)19-9-11-20(12-10-19)34-15-18-13-17(3)28-22-8-6-5-7-21(18)22;3-2(4,5)1(6)7/h5-13,16H,14-15H2,1-4H3,(H2,29,30,32,33);(H,6,7). The maximum Gasteiger partial charge on any atom is 0.490 e. The molecule has 0 radical (unpaired) electrons. The molecule has 2 atom stereocenters. The maximum absolute atomic E-state index is 12.4. The molecule has 0 saturated carbocycles. The van der Waals surface area contributed by atoms with E-state index >= 15 is 0 Å². The van der Waals surface area contributed by atoms with Crippen LogP contribution in [0.4, 0.5) is 18.0 Å². The number of pyridine rings is 1. The van der Waals surface area contributed by atoms with Gasteiger partial charge in [-0.3, -0.25) is 15.1 Å². The number of halogens is 3. The minimum Gasteiger partial charge on any atom is -0.489 e. The highest BCUT2D eigenvalue weighted by Crippen LogP contribution is 2.44. The predicted molar refractivity (Wildman–Crippen MR) is 146 cm³/mol. The number of carboxylic acids is 1. The zero-order chi connectivity index (χ0) is 30.9. The number of nitrogens with one attached hydrogen (secondary N) is 2. The first kappa shape index (κ1) is 30.3. The average Bonchev–Trinajstić information content (AvgIpc) is 3.49. The number of aromatic nitrogens is 1. The lowest BCUT2D eigenvalue weighted by Gasteiger charge is -2.32. The molecular weight excluding hydrogens is 557 g/mol. The van der Waals surface area contributed by atoms with Gasteiger partial charge in [-0.2, -0.15) is 13.2 Å². The number of para-hydroxylation sites is 1. The number of fused-ring (bicyclic) bond motifs is 1. The summed E-state index contributed by atoms with van der Waals surface area (Å²) in [6, 6.07) is 17.3. The number of ether oxygens (including phenoxy) is 1. The first-order chi connectivity index (χ1) is 19.7. The third-order valence-electron chi connectivity index (χ3n) is 7.21. The van der Waals surface area contributed by atoms with E-state index in [9.17, 15) is 22.8 Å². The highest BCUT2D eigenvalue weighted by atomic mass is 19.4. The summed E-state index contributed by atoms with van der Waals surface area (Å²) in [4.78, 5) is 43.6. The normalized spacial score (nSPS) is 21.7. The van der Waals surface area contributed by atoms with Crippen molar-refractivity contribution in [2.75, 3.05) is 0 Å². The van der Waals surface area contributed by atoms with E-state index in [-0.39, 0.29) is 5.92 Å². The number of urea groups is 1. The molecule has 2 aliphatic rings. The molecule has 2 aromatic carbocycles. The zero-order valence-corrected chi connectivity index (χ0v) is 23.2. The van der Waals surface area contributed by atoms with Crippen LogP contribution in [0.1, 0.15) is 44.0 Å². The van der Waals surface area contributed by atoms with Crippen LogP contribution in [-0.2, 0) is 26.6 Å². The molecule has 2 aliphatic heterocycles. The molecule has 1 saturated heterocycles. The number of carbonyl (C=O) groups excluding carboxylic acids is 2. The number of aliphatic carboxylic acids is 1. The molecular formula is C29H29F3N4O6. The van der Waals surface area contributed by atoms with Crippen LogP contribution in [0.5, 0.6) is 5.75 Å². The molecule has 2 unspecified atom stereocenters. The monoisotopic (exact) mass is 586 g/mol. The highest BCUT2D eigenvalue weighted by Gasteiger charge is 2.54. The van der Waals surface area contributed by atoms with Gasteiger partial charge in [0.1, 0.15) is 12.4 Å². The minimum atomic E-state index is -5.08. The van der Waals surface area contributed by atoms with Crippen LogP contribution in [0.2, 0.25) is 0 Å². The molecule has 3 N–H and O–H groups in total. The number of benzene rings is 2. The number of alkyl halides is 3. The number of amides is 3. The minimum absolute atomic E-state index is 0.0606. The van der Waals surface area contributed by atoms with Gasteiger partial charge in [0.05, 0.1) is 11.2 Å². The third-order valence-corrected chi connectivity index (χ3v) is 7.21. The second-order valence-corrected chi connectivity index (χ2v) is 10.4. The van der Waals surface area contributed by atoms with Crippen LogP contribution in [-0.4, -0.2) is 45.4 Å². The summed E-state index contributed by atoms with van der Waals surface area (Å²) >= 11 is 0. The lowest BCUT2D eigenvalue weighted by molar-refractivity contribution is -0.192. The number of carbonyl (C=O) groups is 3. The summed E-state index contributed by atoms with van der Waals surface area (Å²) in [5.74, 6) is -2.38. The molecule has 10 nitrogen and oxygen atoms in total. The maximum atomic E-state index is 12.4. The van der Waals surface area contributed by atoms with E-state index in [2.05, 4.69) is 40.7 Å². The Morgan fingerprint density at radius 3 is 2.36 bits per heavy atom. The van der Waals surface area contributed by atoms with E-state index in [1.54, 1.807) is 6.92 Å². The number of rotatable bonds is 6. The summed E-state index contributed by atoms with van der Waals surface area (Å²) in [5, 5.41) is 17.4. The molecule has 3 heterocycles. The first-order valence-electron chi connectivity index (χ1n) is 12.9. The van der Waals surface area contributed by atoms with Gasteiger partial charge in [-0.25, -0.2) is 9.59 Å². The Kier molecular flexibility index (Phi) is 8.15. The van der Waals surface area contributed by atoms with E-state index in [1.807, 2.05) is 55.5 Å². The summed E-state index contributed by atoms with van der Waals surface area (Å²) < 4.78 is 37.8. The van der Waals surface area contributed by atoms with Crippen LogP contribution in [0.25, 0.3) is 10.9 Å². The lowest BCUT2D eigenvalue weighted by Crippen LogP contribution is -2.51. The number of aryl methyl sites for hydroxylation is 1. The molecule has 13 heteroatoms. The number of oxime groups is 1. The SMILES string of the molecule is Cc1cc(COc2ccc(C3(C(C)C)CC(C4(C)NC(=O)NC4=O)=NO3)cc2)c2ccccc2n1.O=C(O)C(F)(F)F. The molecule has 3 aromatic rings. The summed E-state index contributed by atoms with van der Waals surface area (Å²) in [6.45, 7) is 8.16. The molecule has 0 aliphatic carbocycles. The fraction of sp³-hybridized carbons (Fsp3) is 0.345. The van der Waals surface area contributed by atoms with E-state index in [1.165, 1.54) is 0 Å². The van der Waals surface area contributed by atoms with Gasteiger partial charge in [0.25, 0.3) is 5.91 Å². The van der Waals surface area contributed by atoms with Gasteiger partial charge < -0.3 is 20.0 Å². The first-order valence-corrected chi connectivity index (χ1v) is 12.9. The van der Waals surface area contributed by atoms with Gasteiger partial charge in [-0.15, -0.1) is 0 Å². The summed E-state index contributed by atoms with van der Waals surface area (Å²) in [6.07, 6.45) is -4.70. The Hall–Kier alpha value is -4.68. The molecule has 3 amide bonds. The van der Waals surface area contributed by atoms with Gasteiger partial charge in [0.2, 0.25) is 0 Å². The molecule has 42 heavy (non-hydrogen) atoms. The van der Waals surface area contributed by atoms with Crippen LogP contribution < -0.4 is 15.4 Å². The van der Waals surface area contributed by atoms with E-state index < -0.39 is 35.2 Å². The van der Waals surface area contributed by atoms with E-state index in [0.29, 0.717) is 18.7 Å². The van der Waals surface area contributed by atoms with Crippen molar-refractivity contribution in [3.05, 3.63) is 71.4 Å². The van der Waals surface area contributed by atoms with Crippen molar-refractivity contribution in [1.82, 2.24) is 15.6 Å². The van der Waals surface area contributed by atoms with Gasteiger partial charge in [0, 0.05) is 29.0 Å². The van der Waals surface area contributed by atoms with Crippen molar-refractivity contribution in [3.63, 3.8) is 0 Å². The number of imide groups is 1. The summed E-state index contributed by atoms with van der Waals surface area (Å²) in [7, 11) is 0. The van der Waals surface area contributed by atoms with Crippen molar-refractivity contribution in [1.29, 1.82) is 0 Å². The van der Waals surface area contributed by atoms with Crippen molar-refractivity contribution < 1.29 is 42.2 Å². The Morgan fingerprint density at radius 2 is 1.79 bits per heavy atom. The number of carboxylic acid groups (broad SMARTS) is 1. The van der Waals surface area contributed by atoms with Gasteiger partial charge >= 0.3 is 18.2 Å². The number of hydrogen-bond donors (Lipinski definition) is 3. The molecule has 0 bridgehead atoms. The summed E-state index contributed by atoms with van der Waals surface area (Å²) in [5.41, 5.74) is 2.44. The van der Waals surface area contributed by atoms with Gasteiger partial charge in [0.15, 0.2) is 11.1 Å². The molecule has 222 valence electrons. The van der Waals surface area contributed by atoms with Crippen molar-refractivity contribution in [2.45, 2.75) is 58.0 Å². The fourth-order valence-electron chi connectivity index (χ4n) is 4.77. The second kappa shape index (κ2) is 11.3. The molecule has 1 fully saturated rings. The third kappa shape index (κ3) is 5.99. The Balaban J connectivity index is 0.000000517. The van der Waals surface area contributed by atoms with E-state index in [0.717, 1.165) is 33.5 Å². The van der Waals surface area contributed by atoms with E-state index in [4.69, 9.17) is 19.5 Å². The van der Waals surface area contributed by atoms with Gasteiger partial charge in [-0.1, -0.05) is 49.3 Å². The highest BCUT2D eigenvalue weighted by molar-refractivity contribution is 6.22. The van der Waals surface area contributed by atoms with Crippen molar-refractivity contribution in [2.24, 2.45) is 11.1 Å². The van der Waals surface area contributed by atoms with Crippen LogP contribution in [0.15, 0.2) is 59.8 Å². The Morgan fingerprint density at radius 1 is 1.14 bits per heavy atom. The quantitative estimate of drug-likeness (QED) is 0.346. The Labute approximate surface area is 238 Å². The predicted octanol–water partition coefficient (Wildman–Crippen LogP) is 4.98. The van der Waals surface area contributed by atoms with Crippen LogP contribution >= 0.6 is 0 Å². The number of nitrogens with zero attached hydrogens (tertiary/aromatic N) is 2. The fourth-order valence-corrected chi connectivity index (χ4v) is 4.77. The largest absolute Gasteiger partial charge is 0.490 e. The number of hydrogen-bond acceptors (Lipinski definition) is 7. The van der Waals surface area contributed by atoms with Crippen molar-refractivity contribution >= 4 is 34.5 Å². The molecule has 1 aromatic heterocycles. The Bertz CT molecular complexity index is 1560. The van der Waals surface area contributed by atoms with Crippen molar-refractivity contribution in [3.8, 4) is 5.75 Å². The van der Waals surface area contributed by atoms with Crippen LogP contribution in [0.3, 0.4) is 0 Å². The smallest absolute Gasteiger partial charge is 0.489 e. The zero-order valence-electron chi connectivity index (χ0n) is 23.2. The topological polar surface area (TPSA) is 139 Å². The lowest BCUT2D eigenvalue weighted by atomic mass is 9.76. The molecule has 5 rings (SSSR count). The molecule has 0 spiro atoms. The van der Waals surface area contributed by atoms with Crippen LogP contribution in [0, 0.1) is 12.8 Å². The van der Waals surface area contributed by atoms with Gasteiger partial charge in [-0.05, 0) is 43.7 Å². The average molecular weight is 587 g/mol.